The summed E-state index contributed by atoms with van der Waals surface area (Å²) in [6.45, 7) is 3.70. The molecule has 1 fully saturated rings. The second kappa shape index (κ2) is 5.31. The Morgan fingerprint density at radius 3 is 2.59 bits per heavy atom. The summed E-state index contributed by atoms with van der Waals surface area (Å²) in [4.78, 5) is 16.2. The van der Waals surface area contributed by atoms with Gasteiger partial charge < -0.3 is 9.80 Å². The molecule has 0 saturated carbocycles. The molecule has 2 heterocycles. The summed E-state index contributed by atoms with van der Waals surface area (Å²) in [5, 5.41) is 4.10. The Balaban J connectivity index is 1.77. The van der Waals surface area contributed by atoms with Crippen LogP contribution in [0.4, 0.5) is 0 Å². The molecule has 17 heavy (non-hydrogen) atoms. The van der Waals surface area contributed by atoms with E-state index in [4.69, 9.17) is 0 Å². The fourth-order valence-electron chi connectivity index (χ4n) is 2.07. The van der Waals surface area contributed by atoms with Crippen LogP contribution >= 0.6 is 0 Å². The van der Waals surface area contributed by atoms with E-state index in [1.807, 2.05) is 24.3 Å². The Morgan fingerprint density at radius 1 is 1.29 bits per heavy atom. The first-order valence-corrected chi connectivity index (χ1v) is 6.09. The van der Waals surface area contributed by atoms with E-state index in [1.54, 1.807) is 4.68 Å². The lowest BCUT2D eigenvalue weighted by Crippen LogP contribution is -2.47. The quantitative estimate of drug-likeness (QED) is 0.749. The average Bonchev–Trinajstić information content (AvgIpc) is 2.73. The van der Waals surface area contributed by atoms with Crippen LogP contribution in [0.15, 0.2) is 12.4 Å². The van der Waals surface area contributed by atoms with Crippen molar-refractivity contribution in [3.8, 4) is 0 Å². The van der Waals surface area contributed by atoms with Crippen LogP contribution in [-0.2, 0) is 18.3 Å². The van der Waals surface area contributed by atoms with Crippen molar-refractivity contribution < 1.29 is 4.79 Å². The van der Waals surface area contributed by atoms with Crippen LogP contribution in [0.2, 0.25) is 0 Å². The van der Waals surface area contributed by atoms with Gasteiger partial charge in [-0.15, -0.1) is 0 Å². The summed E-state index contributed by atoms with van der Waals surface area (Å²) in [5.74, 6) is 0.266. The third-order valence-electron chi connectivity index (χ3n) is 3.24. The van der Waals surface area contributed by atoms with Crippen molar-refractivity contribution in [2.75, 3.05) is 33.2 Å². The average molecular weight is 236 g/mol. The molecule has 0 atom stereocenters. The second-order valence-electron chi connectivity index (χ2n) is 4.71. The lowest BCUT2D eigenvalue weighted by molar-refractivity contribution is -0.132. The zero-order valence-corrected chi connectivity index (χ0v) is 10.6. The van der Waals surface area contributed by atoms with E-state index >= 15 is 0 Å². The molecule has 2 rings (SSSR count). The van der Waals surface area contributed by atoms with Crippen molar-refractivity contribution in [2.45, 2.75) is 12.8 Å². The Bertz CT molecular complexity index is 380. The maximum absolute atomic E-state index is 12.0. The van der Waals surface area contributed by atoms with Gasteiger partial charge in [0, 0.05) is 45.8 Å². The third-order valence-corrected chi connectivity index (χ3v) is 3.24. The summed E-state index contributed by atoms with van der Waals surface area (Å²) in [5.41, 5.74) is 1.13. The van der Waals surface area contributed by atoms with E-state index in [1.165, 1.54) is 0 Å². The van der Waals surface area contributed by atoms with Crippen LogP contribution < -0.4 is 0 Å². The molecule has 94 valence electrons. The van der Waals surface area contributed by atoms with Gasteiger partial charge in [-0.25, -0.2) is 0 Å². The first-order chi connectivity index (χ1) is 8.15. The molecule has 0 bridgehead atoms. The molecule has 5 heteroatoms. The van der Waals surface area contributed by atoms with Crippen LogP contribution in [0, 0.1) is 0 Å². The molecule has 1 amide bonds. The number of likely N-dealkylation sites (N-methyl/N-ethyl adjacent to an activating group) is 1. The van der Waals surface area contributed by atoms with E-state index < -0.39 is 0 Å². The molecule has 1 aromatic rings. The SMILES string of the molecule is CN1CCN(C(=O)CCc2cnn(C)c2)CC1. The van der Waals surface area contributed by atoms with Gasteiger partial charge >= 0.3 is 0 Å². The van der Waals surface area contributed by atoms with Crippen LogP contribution in [0.25, 0.3) is 0 Å². The summed E-state index contributed by atoms with van der Waals surface area (Å²) in [6.07, 6.45) is 5.18. The predicted molar refractivity (Wildman–Crippen MR) is 65.6 cm³/mol. The minimum atomic E-state index is 0.266. The summed E-state index contributed by atoms with van der Waals surface area (Å²) in [6, 6.07) is 0. The Morgan fingerprint density at radius 2 is 2.00 bits per heavy atom. The highest BCUT2D eigenvalue weighted by Crippen LogP contribution is 2.06. The molecule has 0 N–H and O–H groups in total. The fourth-order valence-corrected chi connectivity index (χ4v) is 2.07. The minimum absolute atomic E-state index is 0.266. The molecule has 0 unspecified atom stereocenters. The first kappa shape index (κ1) is 12.1. The number of carbonyl (C=O) groups excluding carboxylic acids is 1. The zero-order chi connectivity index (χ0) is 12.3. The van der Waals surface area contributed by atoms with Crippen molar-refractivity contribution in [1.82, 2.24) is 19.6 Å². The molecule has 0 aromatic carbocycles. The smallest absolute Gasteiger partial charge is 0.222 e. The van der Waals surface area contributed by atoms with Gasteiger partial charge in [0.1, 0.15) is 0 Å². The van der Waals surface area contributed by atoms with Gasteiger partial charge in [-0.2, -0.15) is 5.10 Å². The van der Waals surface area contributed by atoms with Crippen molar-refractivity contribution in [1.29, 1.82) is 0 Å². The van der Waals surface area contributed by atoms with Gasteiger partial charge in [-0.05, 0) is 19.0 Å². The number of aromatic nitrogens is 2. The van der Waals surface area contributed by atoms with Crippen molar-refractivity contribution in [3.63, 3.8) is 0 Å². The number of hydrogen-bond acceptors (Lipinski definition) is 3. The lowest BCUT2D eigenvalue weighted by atomic mass is 10.2. The maximum Gasteiger partial charge on any atom is 0.222 e. The normalized spacial score (nSPS) is 17.4. The van der Waals surface area contributed by atoms with Crippen LogP contribution in [0.1, 0.15) is 12.0 Å². The number of aryl methyl sites for hydroxylation is 2. The van der Waals surface area contributed by atoms with E-state index in [9.17, 15) is 4.79 Å². The minimum Gasteiger partial charge on any atom is -0.340 e. The highest BCUT2D eigenvalue weighted by Gasteiger charge is 2.18. The van der Waals surface area contributed by atoms with E-state index in [2.05, 4.69) is 17.0 Å². The van der Waals surface area contributed by atoms with Crippen molar-refractivity contribution in [2.24, 2.45) is 7.05 Å². The molecule has 0 aliphatic carbocycles. The predicted octanol–water partition coefficient (Wildman–Crippen LogP) is 0.127. The van der Waals surface area contributed by atoms with Gasteiger partial charge in [0.05, 0.1) is 6.20 Å². The molecule has 1 aromatic heterocycles. The summed E-state index contributed by atoms with van der Waals surface area (Å²) < 4.78 is 1.77. The molecule has 1 aliphatic rings. The van der Waals surface area contributed by atoms with Gasteiger partial charge in [-0.3, -0.25) is 9.48 Å². The zero-order valence-electron chi connectivity index (χ0n) is 10.6. The standard InChI is InChI=1S/C12H20N4O/c1-14-5-7-16(8-6-14)12(17)4-3-11-9-13-15(2)10-11/h9-10H,3-8H2,1-2H3. The van der Waals surface area contributed by atoms with E-state index in [-0.39, 0.29) is 5.91 Å². The Hall–Kier alpha value is -1.36. The monoisotopic (exact) mass is 236 g/mol. The van der Waals surface area contributed by atoms with E-state index in [0.29, 0.717) is 6.42 Å². The largest absolute Gasteiger partial charge is 0.340 e. The third kappa shape index (κ3) is 3.30. The number of hydrogen-bond donors (Lipinski definition) is 0. The van der Waals surface area contributed by atoms with Crippen molar-refractivity contribution >= 4 is 5.91 Å². The Kier molecular flexibility index (Phi) is 3.78. The van der Waals surface area contributed by atoms with Crippen LogP contribution in [-0.4, -0.2) is 58.7 Å². The number of nitrogens with zero attached hydrogens (tertiary/aromatic N) is 4. The highest BCUT2D eigenvalue weighted by molar-refractivity contribution is 5.76. The summed E-state index contributed by atoms with van der Waals surface area (Å²) >= 11 is 0. The number of carbonyl (C=O) groups is 1. The molecule has 0 radical (unpaired) electrons. The number of piperazine rings is 1. The molecule has 1 aliphatic heterocycles. The number of rotatable bonds is 3. The fraction of sp³-hybridized carbons (Fsp3) is 0.667. The molecule has 5 nitrogen and oxygen atoms in total. The van der Waals surface area contributed by atoms with Gasteiger partial charge in [0.2, 0.25) is 5.91 Å². The maximum atomic E-state index is 12.0. The highest BCUT2D eigenvalue weighted by atomic mass is 16.2. The van der Waals surface area contributed by atoms with Gasteiger partial charge in [0.15, 0.2) is 0 Å². The first-order valence-electron chi connectivity index (χ1n) is 6.09. The second-order valence-corrected chi connectivity index (χ2v) is 4.71. The molecular weight excluding hydrogens is 216 g/mol. The lowest BCUT2D eigenvalue weighted by Gasteiger charge is -2.32. The molecule has 0 spiro atoms. The molecule has 1 saturated heterocycles. The van der Waals surface area contributed by atoms with Crippen LogP contribution in [0.3, 0.4) is 0 Å². The Labute approximate surface area is 102 Å². The van der Waals surface area contributed by atoms with Gasteiger partial charge in [0.25, 0.3) is 0 Å². The van der Waals surface area contributed by atoms with Gasteiger partial charge in [-0.1, -0.05) is 0 Å². The summed E-state index contributed by atoms with van der Waals surface area (Å²) in [7, 11) is 3.99. The molecular formula is C12H20N4O. The van der Waals surface area contributed by atoms with Crippen molar-refractivity contribution in [3.05, 3.63) is 18.0 Å². The van der Waals surface area contributed by atoms with E-state index in [0.717, 1.165) is 38.2 Å². The topological polar surface area (TPSA) is 41.4 Å². The van der Waals surface area contributed by atoms with Crippen LogP contribution in [0.5, 0.6) is 0 Å². The number of amides is 1.